The summed E-state index contributed by atoms with van der Waals surface area (Å²) in [5.41, 5.74) is -0.695. The van der Waals surface area contributed by atoms with Crippen LogP contribution >= 0.6 is 0 Å². The van der Waals surface area contributed by atoms with E-state index in [9.17, 15) is 13.6 Å². The Morgan fingerprint density at radius 1 is 1.31 bits per heavy atom. The van der Waals surface area contributed by atoms with E-state index < -0.39 is 17.2 Å². The van der Waals surface area contributed by atoms with Crippen molar-refractivity contribution in [1.82, 2.24) is 10.2 Å². The summed E-state index contributed by atoms with van der Waals surface area (Å²) in [6.45, 7) is 3.96. The Morgan fingerprint density at radius 2 is 2.07 bits per heavy atom. The van der Waals surface area contributed by atoms with E-state index in [2.05, 4.69) is 15.2 Å². The van der Waals surface area contributed by atoms with Gasteiger partial charge in [-0.2, -0.15) is 4.39 Å². The van der Waals surface area contributed by atoms with Crippen molar-refractivity contribution in [3.8, 4) is 5.75 Å². The van der Waals surface area contributed by atoms with E-state index in [1.807, 2.05) is 0 Å². The van der Waals surface area contributed by atoms with Crippen molar-refractivity contribution in [2.24, 2.45) is 4.99 Å². The first-order valence-electron chi connectivity index (χ1n) is 9.80. The fourth-order valence-electron chi connectivity index (χ4n) is 3.39. The van der Waals surface area contributed by atoms with E-state index in [4.69, 9.17) is 14.2 Å². The summed E-state index contributed by atoms with van der Waals surface area (Å²) in [6, 6.07) is 2.82. The van der Waals surface area contributed by atoms with Crippen LogP contribution in [-0.4, -0.2) is 75.9 Å². The van der Waals surface area contributed by atoms with Crippen LogP contribution in [-0.2, 0) is 14.3 Å². The summed E-state index contributed by atoms with van der Waals surface area (Å²) in [5, 5.41) is 3.03. The Bertz CT molecular complexity index is 735. The second-order valence-corrected chi connectivity index (χ2v) is 7.16. The molecular weight excluding hydrogens is 384 g/mol. The minimum atomic E-state index is -1.03. The first-order chi connectivity index (χ1) is 14.1. The zero-order chi connectivity index (χ0) is 20.7. The second-order valence-electron chi connectivity index (χ2n) is 7.16. The van der Waals surface area contributed by atoms with Gasteiger partial charge in [0.2, 0.25) is 5.82 Å². The summed E-state index contributed by atoms with van der Waals surface area (Å²) < 4.78 is 44.0. The molecule has 0 amide bonds. The number of carbonyl (C=O) groups excluding carboxylic acids is 1. The second kappa shape index (κ2) is 10.1. The highest BCUT2D eigenvalue weighted by atomic mass is 19.2. The first kappa shape index (κ1) is 21.6. The number of ether oxygens (including phenoxy) is 3. The molecule has 3 rings (SSSR count). The number of aliphatic imine (C=N–C) groups is 1. The Morgan fingerprint density at radius 3 is 2.72 bits per heavy atom. The van der Waals surface area contributed by atoms with E-state index in [1.54, 1.807) is 0 Å². The van der Waals surface area contributed by atoms with Crippen LogP contribution < -0.4 is 10.1 Å². The molecule has 1 aliphatic carbocycles. The summed E-state index contributed by atoms with van der Waals surface area (Å²) in [6.07, 6.45) is 3.52. The lowest BCUT2D eigenvalue weighted by Crippen LogP contribution is -2.57. The molecule has 0 atom stereocenters. The molecule has 2 aliphatic rings. The Balaban J connectivity index is 1.50. The van der Waals surface area contributed by atoms with E-state index in [0.717, 1.165) is 19.5 Å². The average Bonchev–Trinajstić information content (AvgIpc) is 2.71. The SMILES string of the molecule is COC(=O)C1(NC/N=C/c2ccc(OCCN3CCOCC3)c(F)c2F)CCC1. The quantitative estimate of drug-likeness (QED) is 0.493. The minimum absolute atomic E-state index is 0.0190. The number of hydrogen-bond donors (Lipinski definition) is 1. The van der Waals surface area contributed by atoms with Gasteiger partial charge in [-0.3, -0.25) is 20.0 Å². The molecule has 7 nitrogen and oxygen atoms in total. The van der Waals surface area contributed by atoms with Gasteiger partial charge in [-0.25, -0.2) is 4.39 Å². The lowest BCUT2D eigenvalue weighted by Gasteiger charge is -2.39. The van der Waals surface area contributed by atoms with Gasteiger partial charge in [0, 0.05) is 31.4 Å². The topological polar surface area (TPSA) is 72.4 Å². The van der Waals surface area contributed by atoms with Crippen LogP contribution in [0, 0.1) is 11.6 Å². The number of halogens is 2. The van der Waals surface area contributed by atoms with Gasteiger partial charge < -0.3 is 14.2 Å². The van der Waals surface area contributed by atoms with Crippen molar-refractivity contribution in [3.63, 3.8) is 0 Å². The van der Waals surface area contributed by atoms with Crippen LogP contribution in [0.25, 0.3) is 0 Å². The molecule has 0 unspecified atom stereocenters. The van der Waals surface area contributed by atoms with E-state index in [1.165, 1.54) is 25.5 Å². The van der Waals surface area contributed by atoms with Gasteiger partial charge in [0.25, 0.3) is 0 Å². The third-order valence-electron chi connectivity index (χ3n) is 5.37. The average molecular weight is 411 g/mol. The van der Waals surface area contributed by atoms with Gasteiger partial charge in [0.15, 0.2) is 11.6 Å². The van der Waals surface area contributed by atoms with Crippen LogP contribution in [0.15, 0.2) is 17.1 Å². The number of carbonyl (C=O) groups is 1. The number of esters is 1. The fourth-order valence-corrected chi connectivity index (χ4v) is 3.39. The fraction of sp³-hybridized carbons (Fsp3) is 0.600. The molecule has 1 N–H and O–H groups in total. The monoisotopic (exact) mass is 411 g/mol. The van der Waals surface area contributed by atoms with Crippen LogP contribution in [0.3, 0.4) is 0 Å². The third-order valence-corrected chi connectivity index (χ3v) is 5.37. The predicted molar refractivity (Wildman–Crippen MR) is 103 cm³/mol. The standard InChI is InChI=1S/C20H27F2N3O4/c1-27-19(26)20(5-2-6-20)24-14-23-13-15-3-4-16(18(22)17(15)21)29-12-9-25-7-10-28-11-8-25/h3-4,13,24H,2,5-12,14H2,1H3/b23-13+. The molecule has 160 valence electrons. The van der Waals surface area contributed by atoms with Crippen LogP contribution in [0.4, 0.5) is 8.78 Å². The normalized spacial score (nSPS) is 19.1. The summed E-state index contributed by atoms with van der Waals surface area (Å²) in [4.78, 5) is 18.1. The maximum absolute atomic E-state index is 14.3. The first-order valence-corrected chi connectivity index (χ1v) is 9.80. The van der Waals surface area contributed by atoms with Crippen molar-refractivity contribution < 1.29 is 27.8 Å². The maximum Gasteiger partial charge on any atom is 0.326 e. The zero-order valence-electron chi connectivity index (χ0n) is 16.6. The van der Waals surface area contributed by atoms with Crippen molar-refractivity contribution in [2.75, 3.05) is 53.2 Å². The van der Waals surface area contributed by atoms with Crippen molar-refractivity contribution in [2.45, 2.75) is 24.8 Å². The van der Waals surface area contributed by atoms with E-state index in [0.29, 0.717) is 32.6 Å². The van der Waals surface area contributed by atoms with Gasteiger partial charge in [0.05, 0.1) is 27.0 Å². The molecule has 2 fully saturated rings. The molecule has 0 aromatic heterocycles. The Kier molecular flexibility index (Phi) is 7.51. The maximum atomic E-state index is 14.3. The van der Waals surface area contributed by atoms with Crippen LogP contribution in [0.2, 0.25) is 0 Å². The van der Waals surface area contributed by atoms with Gasteiger partial charge in [0.1, 0.15) is 12.1 Å². The molecule has 0 bridgehead atoms. The highest BCUT2D eigenvalue weighted by Gasteiger charge is 2.44. The zero-order valence-corrected chi connectivity index (χ0v) is 16.6. The largest absolute Gasteiger partial charge is 0.489 e. The van der Waals surface area contributed by atoms with Crippen LogP contribution in [0.5, 0.6) is 5.75 Å². The third kappa shape index (κ3) is 5.29. The smallest absolute Gasteiger partial charge is 0.326 e. The van der Waals surface area contributed by atoms with Gasteiger partial charge in [-0.05, 0) is 31.4 Å². The molecule has 1 heterocycles. The molecule has 1 saturated carbocycles. The van der Waals surface area contributed by atoms with E-state index in [-0.39, 0.29) is 30.6 Å². The Labute approximate surface area is 169 Å². The summed E-state index contributed by atoms with van der Waals surface area (Å²) in [5.74, 6) is -2.49. The molecular formula is C20H27F2N3O4. The molecule has 1 aliphatic heterocycles. The molecule has 1 aromatic rings. The molecule has 1 aromatic carbocycles. The summed E-state index contributed by atoms with van der Waals surface area (Å²) >= 11 is 0. The highest BCUT2D eigenvalue weighted by Crippen LogP contribution is 2.32. The van der Waals surface area contributed by atoms with Crippen LogP contribution in [0.1, 0.15) is 24.8 Å². The number of rotatable bonds is 9. The number of nitrogens with zero attached hydrogens (tertiary/aromatic N) is 2. The van der Waals surface area contributed by atoms with Gasteiger partial charge in [-0.15, -0.1) is 0 Å². The van der Waals surface area contributed by atoms with Crippen molar-refractivity contribution >= 4 is 12.2 Å². The number of methoxy groups -OCH3 is 1. The molecule has 29 heavy (non-hydrogen) atoms. The number of nitrogens with one attached hydrogen (secondary N) is 1. The minimum Gasteiger partial charge on any atom is -0.489 e. The van der Waals surface area contributed by atoms with Crippen molar-refractivity contribution in [3.05, 3.63) is 29.3 Å². The lowest BCUT2D eigenvalue weighted by molar-refractivity contribution is -0.152. The Hall–Kier alpha value is -2.10. The molecule has 9 heteroatoms. The molecule has 0 radical (unpaired) electrons. The number of benzene rings is 1. The molecule has 1 saturated heterocycles. The number of morpholine rings is 1. The van der Waals surface area contributed by atoms with Gasteiger partial charge >= 0.3 is 5.97 Å². The van der Waals surface area contributed by atoms with Crippen molar-refractivity contribution in [1.29, 1.82) is 0 Å². The summed E-state index contributed by atoms with van der Waals surface area (Å²) in [7, 11) is 1.34. The predicted octanol–water partition coefficient (Wildman–Crippen LogP) is 1.74. The molecule has 0 spiro atoms. The highest BCUT2D eigenvalue weighted by molar-refractivity contribution is 5.82. The number of hydrogen-bond acceptors (Lipinski definition) is 7. The lowest BCUT2D eigenvalue weighted by atomic mass is 9.77. The van der Waals surface area contributed by atoms with E-state index >= 15 is 0 Å². The van der Waals surface area contributed by atoms with Gasteiger partial charge in [-0.1, -0.05) is 0 Å².